The Kier molecular flexibility index (Phi) is 6.07. The van der Waals surface area contributed by atoms with Crippen molar-refractivity contribution >= 4 is 33.8 Å². The van der Waals surface area contributed by atoms with Gasteiger partial charge in [0.1, 0.15) is 5.75 Å². The number of hydrogen-bond acceptors (Lipinski definition) is 6. The zero-order valence-corrected chi connectivity index (χ0v) is 17.2. The third-order valence-electron chi connectivity index (χ3n) is 4.79. The molecule has 0 radical (unpaired) electrons. The van der Waals surface area contributed by atoms with E-state index in [1.807, 2.05) is 54.6 Å². The average Bonchev–Trinajstić information content (AvgIpc) is 3.15. The molecule has 6 nitrogen and oxygen atoms in total. The van der Waals surface area contributed by atoms with Crippen LogP contribution in [-0.2, 0) is 17.8 Å². The molecule has 2 aromatic carbocycles. The summed E-state index contributed by atoms with van der Waals surface area (Å²) >= 11 is 1.56. The van der Waals surface area contributed by atoms with E-state index in [1.54, 1.807) is 11.3 Å². The number of para-hydroxylation sites is 1. The highest BCUT2D eigenvalue weighted by molar-refractivity contribution is 7.15. The SMILES string of the molecule is CCN1CCc2nc(NC(=O)COc3ccc(Nc4ccccc4)cc3)sc2C1. The Balaban J connectivity index is 1.27. The van der Waals surface area contributed by atoms with Crippen molar-refractivity contribution in [2.75, 3.05) is 30.3 Å². The number of nitrogens with one attached hydrogen (secondary N) is 2. The normalized spacial score (nSPS) is 13.6. The summed E-state index contributed by atoms with van der Waals surface area (Å²) < 4.78 is 5.61. The molecule has 4 rings (SSSR count). The lowest BCUT2D eigenvalue weighted by molar-refractivity contribution is -0.118. The van der Waals surface area contributed by atoms with Crippen molar-refractivity contribution < 1.29 is 9.53 Å². The molecule has 0 atom stereocenters. The summed E-state index contributed by atoms with van der Waals surface area (Å²) in [4.78, 5) is 20.4. The van der Waals surface area contributed by atoms with Gasteiger partial charge in [0.25, 0.3) is 5.91 Å². The first-order chi connectivity index (χ1) is 14.2. The highest BCUT2D eigenvalue weighted by Gasteiger charge is 2.20. The summed E-state index contributed by atoms with van der Waals surface area (Å²) in [6.45, 7) is 5.09. The number of hydrogen-bond donors (Lipinski definition) is 2. The predicted molar refractivity (Wildman–Crippen MR) is 117 cm³/mol. The Hall–Kier alpha value is -2.90. The minimum absolute atomic E-state index is 0.0448. The number of likely N-dealkylation sites (N-methyl/N-ethyl adjacent to an activating group) is 1. The zero-order valence-electron chi connectivity index (χ0n) is 16.4. The third-order valence-corrected chi connectivity index (χ3v) is 5.79. The Morgan fingerprint density at radius 2 is 1.90 bits per heavy atom. The molecule has 150 valence electrons. The molecule has 0 saturated heterocycles. The highest BCUT2D eigenvalue weighted by atomic mass is 32.1. The van der Waals surface area contributed by atoms with E-state index in [0.717, 1.165) is 43.1 Å². The predicted octanol–water partition coefficient (Wildman–Crippen LogP) is 4.28. The van der Waals surface area contributed by atoms with Crippen LogP contribution in [-0.4, -0.2) is 35.5 Å². The minimum atomic E-state index is -0.199. The molecule has 7 heteroatoms. The first kappa shape index (κ1) is 19.4. The number of thiazole rings is 1. The molecule has 0 spiro atoms. The van der Waals surface area contributed by atoms with Crippen LogP contribution in [0.4, 0.5) is 16.5 Å². The van der Waals surface area contributed by atoms with Crippen molar-refractivity contribution in [2.24, 2.45) is 0 Å². The Morgan fingerprint density at radius 1 is 1.14 bits per heavy atom. The topological polar surface area (TPSA) is 66.5 Å². The molecule has 3 aromatic rings. The van der Waals surface area contributed by atoms with E-state index in [1.165, 1.54) is 4.88 Å². The number of ether oxygens (including phenoxy) is 1. The number of anilines is 3. The number of carbonyl (C=O) groups is 1. The fraction of sp³-hybridized carbons (Fsp3) is 0.273. The van der Waals surface area contributed by atoms with E-state index in [9.17, 15) is 4.79 Å². The molecule has 0 aliphatic carbocycles. The average molecular weight is 409 g/mol. The molecule has 0 bridgehead atoms. The van der Waals surface area contributed by atoms with E-state index in [2.05, 4.69) is 27.4 Å². The van der Waals surface area contributed by atoms with Crippen LogP contribution in [0.5, 0.6) is 5.75 Å². The van der Waals surface area contributed by atoms with E-state index in [-0.39, 0.29) is 12.5 Å². The Labute approximate surface area is 174 Å². The van der Waals surface area contributed by atoms with Gasteiger partial charge >= 0.3 is 0 Å². The van der Waals surface area contributed by atoms with E-state index in [4.69, 9.17) is 4.74 Å². The van der Waals surface area contributed by atoms with Crippen LogP contribution in [0.1, 0.15) is 17.5 Å². The number of rotatable bonds is 7. The van der Waals surface area contributed by atoms with Gasteiger partial charge in [-0.05, 0) is 42.9 Å². The molecule has 0 unspecified atom stereocenters. The summed E-state index contributed by atoms with van der Waals surface area (Å²) in [5.74, 6) is 0.450. The van der Waals surface area contributed by atoms with Gasteiger partial charge in [-0.25, -0.2) is 4.98 Å². The Bertz CT molecular complexity index is 957. The molecule has 2 heterocycles. The molecule has 1 aromatic heterocycles. The molecule has 1 aliphatic heterocycles. The lowest BCUT2D eigenvalue weighted by Gasteiger charge is -2.23. The van der Waals surface area contributed by atoms with Gasteiger partial charge in [0.2, 0.25) is 0 Å². The second kappa shape index (κ2) is 9.07. The van der Waals surface area contributed by atoms with Gasteiger partial charge in [0.05, 0.1) is 5.69 Å². The van der Waals surface area contributed by atoms with Crippen LogP contribution in [0.15, 0.2) is 54.6 Å². The maximum atomic E-state index is 12.2. The number of fused-ring (bicyclic) bond motifs is 1. The number of carbonyl (C=O) groups excluding carboxylic acids is 1. The molecule has 1 amide bonds. The highest BCUT2D eigenvalue weighted by Crippen LogP contribution is 2.28. The van der Waals surface area contributed by atoms with Crippen molar-refractivity contribution in [2.45, 2.75) is 19.9 Å². The summed E-state index contributed by atoms with van der Waals surface area (Å²) in [7, 11) is 0. The third kappa shape index (κ3) is 5.13. The van der Waals surface area contributed by atoms with Gasteiger partial charge in [-0.3, -0.25) is 15.0 Å². The molecule has 0 fully saturated rings. The standard InChI is InChI=1S/C22H24N4O2S/c1-2-26-13-12-19-20(14-26)29-22(24-19)25-21(27)15-28-18-10-8-17(9-11-18)23-16-6-4-3-5-7-16/h3-11,23H,2,12-15H2,1H3,(H,24,25,27). The van der Waals surface area contributed by atoms with Gasteiger partial charge in [0, 0.05) is 35.8 Å². The van der Waals surface area contributed by atoms with Gasteiger partial charge in [-0.1, -0.05) is 25.1 Å². The van der Waals surface area contributed by atoms with Crippen LogP contribution in [0.2, 0.25) is 0 Å². The molecule has 2 N–H and O–H groups in total. The van der Waals surface area contributed by atoms with Crippen LogP contribution in [0, 0.1) is 0 Å². The van der Waals surface area contributed by atoms with Crippen molar-refractivity contribution in [1.82, 2.24) is 9.88 Å². The monoisotopic (exact) mass is 408 g/mol. The number of benzene rings is 2. The van der Waals surface area contributed by atoms with Crippen LogP contribution in [0.3, 0.4) is 0 Å². The quantitative estimate of drug-likeness (QED) is 0.611. The molecular weight excluding hydrogens is 384 g/mol. The number of aromatic nitrogens is 1. The summed E-state index contributed by atoms with van der Waals surface area (Å²) in [6.07, 6.45) is 0.940. The minimum Gasteiger partial charge on any atom is -0.484 e. The van der Waals surface area contributed by atoms with E-state index in [0.29, 0.717) is 10.9 Å². The first-order valence-corrected chi connectivity index (χ1v) is 10.6. The maximum Gasteiger partial charge on any atom is 0.264 e. The fourth-order valence-electron chi connectivity index (χ4n) is 3.20. The largest absolute Gasteiger partial charge is 0.484 e. The summed E-state index contributed by atoms with van der Waals surface area (Å²) in [5, 5.41) is 6.83. The second-order valence-electron chi connectivity index (χ2n) is 6.86. The number of amides is 1. The van der Waals surface area contributed by atoms with Crippen LogP contribution in [0.25, 0.3) is 0 Å². The van der Waals surface area contributed by atoms with Crippen molar-refractivity contribution in [3.63, 3.8) is 0 Å². The molecular formula is C22H24N4O2S. The lowest BCUT2D eigenvalue weighted by atomic mass is 10.2. The zero-order chi connectivity index (χ0) is 20.1. The Morgan fingerprint density at radius 3 is 2.66 bits per heavy atom. The molecule has 0 saturated carbocycles. The van der Waals surface area contributed by atoms with Crippen molar-refractivity contribution in [3.8, 4) is 5.75 Å². The lowest BCUT2D eigenvalue weighted by Crippen LogP contribution is -2.29. The second-order valence-corrected chi connectivity index (χ2v) is 7.94. The van der Waals surface area contributed by atoms with Crippen LogP contribution < -0.4 is 15.4 Å². The van der Waals surface area contributed by atoms with Crippen LogP contribution >= 0.6 is 11.3 Å². The summed E-state index contributed by atoms with van der Waals surface area (Å²) in [5.41, 5.74) is 3.09. The smallest absolute Gasteiger partial charge is 0.264 e. The van der Waals surface area contributed by atoms with Gasteiger partial charge in [-0.2, -0.15) is 0 Å². The molecule has 29 heavy (non-hydrogen) atoms. The summed E-state index contributed by atoms with van der Waals surface area (Å²) in [6, 6.07) is 17.5. The van der Waals surface area contributed by atoms with Crippen molar-refractivity contribution in [3.05, 3.63) is 65.2 Å². The van der Waals surface area contributed by atoms with Gasteiger partial charge in [0.15, 0.2) is 11.7 Å². The molecule has 1 aliphatic rings. The van der Waals surface area contributed by atoms with E-state index >= 15 is 0 Å². The maximum absolute atomic E-state index is 12.2. The fourth-order valence-corrected chi connectivity index (χ4v) is 4.27. The van der Waals surface area contributed by atoms with Crippen molar-refractivity contribution in [1.29, 1.82) is 0 Å². The van der Waals surface area contributed by atoms with E-state index < -0.39 is 0 Å². The van der Waals surface area contributed by atoms with Gasteiger partial charge in [-0.15, -0.1) is 11.3 Å². The number of nitrogens with zero attached hydrogens (tertiary/aromatic N) is 2. The van der Waals surface area contributed by atoms with Gasteiger partial charge < -0.3 is 10.1 Å². The first-order valence-electron chi connectivity index (χ1n) is 9.75.